The minimum absolute atomic E-state index is 0.0484. The highest BCUT2D eigenvalue weighted by atomic mass is 32.2. The van der Waals surface area contributed by atoms with Gasteiger partial charge in [-0.1, -0.05) is 30.0 Å². The smallest absolute Gasteiger partial charge is 0.239 e. The van der Waals surface area contributed by atoms with Gasteiger partial charge in [-0.15, -0.1) is 10.2 Å². The number of amides is 2. The summed E-state index contributed by atoms with van der Waals surface area (Å²) < 4.78 is 7.35. The van der Waals surface area contributed by atoms with E-state index in [-0.39, 0.29) is 24.1 Å². The number of furan rings is 1. The van der Waals surface area contributed by atoms with E-state index in [0.717, 1.165) is 5.69 Å². The van der Waals surface area contributed by atoms with Crippen LogP contribution in [0.5, 0.6) is 0 Å². The Kier molecular flexibility index (Phi) is 7.07. The third-order valence-electron chi connectivity index (χ3n) is 4.16. The number of nitrogens with zero attached hydrogens (tertiary/aromatic N) is 4. The highest BCUT2D eigenvalue weighted by Gasteiger charge is 2.21. The van der Waals surface area contributed by atoms with E-state index in [1.54, 1.807) is 12.3 Å². The van der Waals surface area contributed by atoms with Crippen LogP contribution in [0.1, 0.15) is 13.8 Å². The van der Waals surface area contributed by atoms with E-state index in [0.29, 0.717) is 29.8 Å². The summed E-state index contributed by atoms with van der Waals surface area (Å²) in [5, 5.41) is 11.8. The summed E-state index contributed by atoms with van der Waals surface area (Å²) in [6, 6.07) is 13.3. The lowest BCUT2D eigenvalue weighted by Gasteiger charge is -2.20. The van der Waals surface area contributed by atoms with Gasteiger partial charge in [-0.3, -0.25) is 14.2 Å². The topological polar surface area (TPSA) is 93.3 Å². The largest absolute Gasteiger partial charge is 0.461 e. The molecular formula is C20H23N5O3S. The Bertz CT molecular complexity index is 940. The number of likely N-dealkylation sites (N-methyl/N-ethyl adjacent to an activating group) is 2. The first kappa shape index (κ1) is 20.7. The van der Waals surface area contributed by atoms with Gasteiger partial charge in [-0.05, 0) is 38.1 Å². The molecule has 1 aromatic carbocycles. The zero-order valence-corrected chi connectivity index (χ0v) is 17.2. The number of hydrogen-bond acceptors (Lipinski definition) is 6. The second-order valence-electron chi connectivity index (χ2n) is 6.10. The normalized spacial score (nSPS) is 10.7. The van der Waals surface area contributed by atoms with Crippen LogP contribution in [0.2, 0.25) is 0 Å². The van der Waals surface area contributed by atoms with Crippen LogP contribution in [0.15, 0.2) is 58.3 Å². The van der Waals surface area contributed by atoms with Crippen LogP contribution in [-0.4, -0.2) is 56.9 Å². The Hall–Kier alpha value is -3.07. The second-order valence-corrected chi connectivity index (χ2v) is 7.05. The lowest BCUT2D eigenvalue weighted by atomic mass is 10.3. The van der Waals surface area contributed by atoms with Crippen LogP contribution < -0.4 is 5.32 Å². The van der Waals surface area contributed by atoms with Crippen molar-refractivity contribution in [1.29, 1.82) is 0 Å². The van der Waals surface area contributed by atoms with E-state index in [9.17, 15) is 9.59 Å². The van der Waals surface area contributed by atoms with Gasteiger partial charge in [0.15, 0.2) is 10.9 Å². The van der Waals surface area contributed by atoms with Crippen molar-refractivity contribution in [2.45, 2.75) is 19.0 Å². The van der Waals surface area contributed by atoms with Gasteiger partial charge in [0.25, 0.3) is 0 Å². The van der Waals surface area contributed by atoms with Crippen LogP contribution >= 0.6 is 11.8 Å². The summed E-state index contributed by atoms with van der Waals surface area (Å²) in [5.41, 5.74) is 0.869. The molecule has 0 aliphatic carbocycles. The third kappa shape index (κ3) is 5.05. The number of hydrogen-bond donors (Lipinski definition) is 1. The van der Waals surface area contributed by atoms with Crippen molar-refractivity contribution in [2.24, 2.45) is 0 Å². The van der Waals surface area contributed by atoms with Crippen molar-refractivity contribution in [3.8, 4) is 17.3 Å². The molecule has 3 aromatic rings. The molecule has 0 unspecified atom stereocenters. The number of carbonyl (C=O) groups excluding carboxylic acids is 2. The standard InChI is InChI=1S/C20H23N5O3S/c1-3-21-17(26)13-24(4-2)18(27)14-29-20-23-22-19(16-11-8-12-28-16)25(20)15-9-6-5-7-10-15/h5-12H,3-4,13-14H2,1-2H3,(H,21,26). The fourth-order valence-corrected chi connectivity index (χ4v) is 3.61. The van der Waals surface area contributed by atoms with E-state index < -0.39 is 0 Å². The first-order valence-corrected chi connectivity index (χ1v) is 10.3. The SMILES string of the molecule is CCNC(=O)CN(CC)C(=O)CSc1nnc(-c2ccco2)n1-c1ccccc1. The highest BCUT2D eigenvalue weighted by Crippen LogP contribution is 2.28. The molecule has 0 bridgehead atoms. The van der Waals surface area contributed by atoms with Gasteiger partial charge in [0.1, 0.15) is 0 Å². The zero-order valence-electron chi connectivity index (χ0n) is 16.4. The van der Waals surface area contributed by atoms with Crippen molar-refractivity contribution in [3.63, 3.8) is 0 Å². The first-order chi connectivity index (χ1) is 14.1. The summed E-state index contributed by atoms with van der Waals surface area (Å²) in [5.74, 6) is 0.999. The molecule has 0 aliphatic heterocycles. The third-order valence-corrected chi connectivity index (χ3v) is 5.07. The molecule has 0 aliphatic rings. The number of aromatic nitrogens is 3. The van der Waals surface area contributed by atoms with E-state index >= 15 is 0 Å². The van der Waals surface area contributed by atoms with Crippen LogP contribution in [0.4, 0.5) is 0 Å². The molecule has 9 heteroatoms. The monoisotopic (exact) mass is 413 g/mol. The van der Waals surface area contributed by atoms with Crippen molar-refractivity contribution in [3.05, 3.63) is 48.7 Å². The van der Waals surface area contributed by atoms with Crippen molar-refractivity contribution >= 4 is 23.6 Å². The van der Waals surface area contributed by atoms with Gasteiger partial charge >= 0.3 is 0 Å². The molecule has 1 N–H and O–H groups in total. The molecule has 8 nitrogen and oxygen atoms in total. The highest BCUT2D eigenvalue weighted by molar-refractivity contribution is 7.99. The maximum Gasteiger partial charge on any atom is 0.239 e. The van der Waals surface area contributed by atoms with Gasteiger partial charge in [-0.25, -0.2) is 0 Å². The molecule has 2 amide bonds. The second kappa shape index (κ2) is 9.92. The van der Waals surface area contributed by atoms with Gasteiger partial charge in [0.05, 0.1) is 18.6 Å². The quantitative estimate of drug-likeness (QED) is 0.542. The molecule has 0 saturated heterocycles. The van der Waals surface area contributed by atoms with Gasteiger partial charge in [-0.2, -0.15) is 0 Å². The van der Waals surface area contributed by atoms with Crippen LogP contribution in [0.3, 0.4) is 0 Å². The van der Waals surface area contributed by atoms with Gasteiger partial charge < -0.3 is 14.6 Å². The molecular weight excluding hydrogens is 390 g/mol. The van der Waals surface area contributed by atoms with E-state index in [1.807, 2.05) is 54.8 Å². The first-order valence-electron chi connectivity index (χ1n) is 9.36. The van der Waals surface area contributed by atoms with Crippen LogP contribution in [-0.2, 0) is 9.59 Å². The molecule has 0 radical (unpaired) electrons. The number of thioether (sulfide) groups is 1. The zero-order chi connectivity index (χ0) is 20.6. The van der Waals surface area contributed by atoms with Gasteiger partial charge in [0.2, 0.25) is 17.6 Å². The van der Waals surface area contributed by atoms with Crippen molar-refractivity contribution in [1.82, 2.24) is 25.0 Å². The Labute approximate surface area is 173 Å². The summed E-state index contributed by atoms with van der Waals surface area (Å²) in [6.07, 6.45) is 1.58. The molecule has 2 aromatic heterocycles. The number of carbonyl (C=O) groups is 2. The minimum atomic E-state index is -0.166. The maximum absolute atomic E-state index is 12.6. The number of rotatable bonds is 9. The summed E-state index contributed by atoms with van der Waals surface area (Å²) >= 11 is 1.28. The summed E-state index contributed by atoms with van der Waals surface area (Å²) in [4.78, 5) is 26.0. The number of nitrogens with one attached hydrogen (secondary N) is 1. The predicted molar refractivity (Wildman–Crippen MR) is 111 cm³/mol. The molecule has 0 fully saturated rings. The fourth-order valence-electron chi connectivity index (χ4n) is 2.76. The van der Waals surface area contributed by atoms with E-state index in [4.69, 9.17) is 4.42 Å². The average molecular weight is 414 g/mol. The van der Waals surface area contributed by atoms with E-state index in [2.05, 4.69) is 15.5 Å². The maximum atomic E-state index is 12.6. The summed E-state index contributed by atoms with van der Waals surface area (Å²) in [7, 11) is 0. The Morgan fingerprint density at radius 1 is 1.14 bits per heavy atom. The molecule has 0 saturated carbocycles. The predicted octanol–water partition coefficient (Wildman–Crippen LogP) is 2.60. The Morgan fingerprint density at radius 3 is 2.59 bits per heavy atom. The van der Waals surface area contributed by atoms with Crippen LogP contribution in [0, 0.1) is 0 Å². The number of benzene rings is 1. The molecule has 152 valence electrons. The summed E-state index contributed by atoms with van der Waals surface area (Å²) in [6.45, 7) is 4.74. The lowest BCUT2D eigenvalue weighted by molar-refractivity contribution is -0.133. The fraction of sp³-hybridized carbons (Fsp3) is 0.300. The molecule has 2 heterocycles. The van der Waals surface area contributed by atoms with Crippen LogP contribution in [0.25, 0.3) is 17.3 Å². The Balaban J connectivity index is 1.79. The molecule has 29 heavy (non-hydrogen) atoms. The Morgan fingerprint density at radius 2 is 1.93 bits per heavy atom. The number of para-hydroxylation sites is 1. The van der Waals surface area contributed by atoms with E-state index in [1.165, 1.54) is 16.7 Å². The lowest BCUT2D eigenvalue weighted by Crippen LogP contribution is -2.41. The molecule has 0 atom stereocenters. The van der Waals surface area contributed by atoms with Crippen molar-refractivity contribution in [2.75, 3.05) is 25.4 Å². The molecule has 3 rings (SSSR count). The molecule has 0 spiro atoms. The van der Waals surface area contributed by atoms with Gasteiger partial charge in [0, 0.05) is 18.8 Å². The average Bonchev–Trinajstić information content (AvgIpc) is 3.40. The minimum Gasteiger partial charge on any atom is -0.461 e. The van der Waals surface area contributed by atoms with Crippen molar-refractivity contribution < 1.29 is 14.0 Å².